The van der Waals surface area contributed by atoms with Crippen molar-refractivity contribution in [2.24, 2.45) is 4.99 Å². The summed E-state index contributed by atoms with van der Waals surface area (Å²) >= 11 is 0. The third-order valence-electron chi connectivity index (χ3n) is 6.02. The monoisotopic (exact) mass is 567 g/mol. The first-order chi connectivity index (χ1) is 15.7. The molecule has 0 spiro atoms. The molecule has 2 N–H and O–H groups in total. The number of nitrogens with one attached hydrogen (secondary N) is 2. The molecule has 0 aromatic heterocycles. The number of benzene rings is 2. The van der Waals surface area contributed by atoms with Crippen LogP contribution in [0.4, 0.5) is 0 Å². The van der Waals surface area contributed by atoms with Crippen LogP contribution in [0.3, 0.4) is 0 Å². The molecule has 0 bridgehead atoms. The van der Waals surface area contributed by atoms with E-state index in [2.05, 4.69) is 41.8 Å². The summed E-state index contributed by atoms with van der Waals surface area (Å²) in [5, 5.41) is 6.96. The number of fused-ring (bicyclic) bond motifs is 1. The first-order valence-corrected chi connectivity index (χ1v) is 11.4. The fraction of sp³-hybridized carbons (Fsp3) is 0.480. The molecule has 0 radical (unpaired) electrons. The molecule has 8 heteroatoms. The number of rotatable bonds is 8. The number of guanidine groups is 1. The Kier molecular flexibility index (Phi) is 9.49. The highest BCUT2D eigenvalue weighted by Gasteiger charge is 2.34. The Morgan fingerprint density at radius 3 is 2.48 bits per heavy atom. The lowest BCUT2D eigenvalue weighted by Crippen LogP contribution is -2.48. The standard InChI is InChI=1S/C25H33N3O4.HI/c1-3-26-24(27-16-19-5-10-22-23(15-19)32-18-31-22)28-17-25(11-13-29-14-12-25)20-6-8-21(9-7-20)30-4-2;/h5-10,15H,3-4,11-14,16-18H2,1-2H3,(H2,26,27,28);1H. The van der Waals surface area contributed by atoms with E-state index in [9.17, 15) is 0 Å². The number of hydrogen-bond donors (Lipinski definition) is 2. The van der Waals surface area contributed by atoms with Gasteiger partial charge in [0, 0.05) is 31.7 Å². The van der Waals surface area contributed by atoms with Crippen LogP contribution in [0.5, 0.6) is 17.2 Å². The predicted molar refractivity (Wildman–Crippen MR) is 140 cm³/mol. The van der Waals surface area contributed by atoms with Crippen LogP contribution in [0.15, 0.2) is 47.5 Å². The van der Waals surface area contributed by atoms with Crippen LogP contribution in [0.25, 0.3) is 0 Å². The van der Waals surface area contributed by atoms with Crippen molar-refractivity contribution in [3.63, 3.8) is 0 Å². The largest absolute Gasteiger partial charge is 0.494 e. The van der Waals surface area contributed by atoms with E-state index in [-0.39, 0.29) is 36.2 Å². The van der Waals surface area contributed by atoms with Crippen LogP contribution in [0.2, 0.25) is 0 Å². The number of halogens is 1. The summed E-state index contributed by atoms with van der Waals surface area (Å²) in [5.41, 5.74) is 2.39. The highest BCUT2D eigenvalue weighted by Crippen LogP contribution is 2.35. The van der Waals surface area contributed by atoms with Gasteiger partial charge in [0.05, 0.1) is 13.2 Å². The molecule has 0 atom stereocenters. The van der Waals surface area contributed by atoms with Gasteiger partial charge in [0.15, 0.2) is 17.5 Å². The fourth-order valence-electron chi connectivity index (χ4n) is 4.21. The van der Waals surface area contributed by atoms with Gasteiger partial charge in [0.1, 0.15) is 5.75 Å². The van der Waals surface area contributed by atoms with E-state index >= 15 is 0 Å². The molecule has 0 unspecified atom stereocenters. The molecule has 2 heterocycles. The quantitative estimate of drug-likeness (QED) is 0.283. The molecule has 2 aromatic carbocycles. The second-order valence-electron chi connectivity index (χ2n) is 8.09. The van der Waals surface area contributed by atoms with Gasteiger partial charge in [-0.15, -0.1) is 24.0 Å². The highest BCUT2D eigenvalue weighted by atomic mass is 127. The van der Waals surface area contributed by atoms with Crippen LogP contribution >= 0.6 is 24.0 Å². The topological polar surface area (TPSA) is 73.3 Å². The maximum atomic E-state index is 5.68. The minimum absolute atomic E-state index is 0. The van der Waals surface area contributed by atoms with E-state index in [0.29, 0.717) is 13.2 Å². The molecule has 0 aliphatic carbocycles. The number of aliphatic imine (C=N–C) groups is 1. The molecule has 2 aliphatic rings. The number of hydrogen-bond acceptors (Lipinski definition) is 5. The Hall–Kier alpha value is -2.20. The molecular weight excluding hydrogens is 533 g/mol. The highest BCUT2D eigenvalue weighted by molar-refractivity contribution is 14.0. The molecule has 1 saturated heterocycles. The van der Waals surface area contributed by atoms with Gasteiger partial charge >= 0.3 is 0 Å². The molecule has 4 rings (SSSR count). The van der Waals surface area contributed by atoms with E-state index < -0.39 is 0 Å². The van der Waals surface area contributed by atoms with E-state index in [1.54, 1.807) is 0 Å². The second-order valence-corrected chi connectivity index (χ2v) is 8.09. The average molecular weight is 567 g/mol. The minimum atomic E-state index is -0.00205. The Morgan fingerprint density at radius 1 is 1.00 bits per heavy atom. The van der Waals surface area contributed by atoms with Crippen molar-refractivity contribution in [2.45, 2.75) is 38.6 Å². The van der Waals surface area contributed by atoms with Crippen LogP contribution in [0.1, 0.15) is 37.8 Å². The molecule has 180 valence electrons. The summed E-state index contributed by atoms with van der Waals surface area (Å²) in [6.45, 7) is 8.71. The van der Waals surface area contributed by atoms with Gasteiger partial charge in [-0.05, 0) is 62.1 Å². The van der Waals surface area contributed by atoms with Crippen molar-refractivity contribution < 1.29 is 18.9 Å². The van der Waals surface area contributed by atoms with Gasteiger partial charge in [-0.25, -0.2) is 4.99 Å². The summed E-state index contributed by atoms with van der Waals surface area (Å²) in [6.07, 6.45) is 1.94. The zero-order valence-corrected chi connectivity index (χ0v) is 21.7. The molecule has 0 saturated carbocycles. The van der Waals surface area contributed by atoms with Gasteiger partial charge in [-0.1, -0.05) is 18.2 Å². The molecule has 33 heavy (non-hydrogen) atoms. The van der Waals surface area contributed by atoms with Gasteiger partial charge in [0.25, 0.3) is 0 Å². The Bertz CT molecular complexity index is 914. The van der Waals surface area contributed by atoms with E-state index in [1.165, 1.54) is 5.56 Å². The average Bonchev–Trinajstić information content (AvgIpc) is 3.30. The Balaban J connectivity index is 0.00000306. The lowest BCUT2D eigenvalue weighted by atomic mass is 9.74. The van der Waals surface area contributed by atoms with Crippen molar-refractivity contribution in [3.8, 4) is 17.2 Å². The van der Waals surface area contributed by atoms with Gasteiger partial charge < -0.3 is 29.6 Å². The molecule has 2 aliphatic heterocycles. The molecule has 7 nitrogen and oxygen atoms in total. The maximum Gasteiger partial charge on any atom is 0.231 e. The zero-order valence-electron chi connectivity index (χ0n) is 19.4. The zero-order chi connectivity index (χ0) is 22.2. The summed E-state index contributed by atoms with van der Waals surface area (Å²) in [7, 11) is 0. The van der Waals surface area contributed by atoms with E-state index in [4.69, 9.17) is 23.9 Å². The van der Waals surface area contributed by atoms with E-state index in [1.807, 2.05) is 25.1 Å². The predicted octanol–water partition coefficient (Wildman–Crippen LogP) is 4.24. The summed E-state index contributed by atoms with van der Waals surface area (Å²) < 4.78 is 22.2. The van der Waals surface area contributed by atoms with Crippen molar-refractivity contribution in [2.75, 3.05) is 39.7 Å². The third kappa shape index (κ3) is 6.44. The van der Waals surface area contributed by atoms with Crippen molar-refractivity contribution in [1.29, 1.82) is 0 Å². The smallest absolute Gasteiger partial charge is 0.231 e. The molecule has 0 amide bonds. The maximum absolute atomic E-state index is 5.68. The van der Waals surface area contributed by atoms with E-state index in [0.717, 1.165) is 67.9 Å². The van der Waals surface area contributed by atoms with Crippen LogP contribution in [-0.2, 0) is 16.7 Å². The Morgan fingerprint density at radius 2 is 1.76 bits per heavy atom. The minimum Gasteiger partial charge on any atom is -0.494 e. The Labute approximate surface area is 213 Å². The van der Waals surface area contributed by atoms with Crippen LogP contribution in [0, 0.1) is 0 Å². The van der Waals surface area contributed by atoms with Crippen molar-refractivity contribution in [3.05, 3.63) is 53.6 Å². The van der Waals surface area contributed by atoms with Gasteiger partial charge in [-0.3, -0.25) is 0 Å². The lowest BCUT2D eigenvalue weighted by Gasteiger charge is -2.38. The SMILES string of the molecule is CCNC(=NCc1ccc2c(c1)OCO2)NCC1(c2ccc(OCC)cc2)CCOCC1.I. The van der Waals surface area contributed by atoms with Crippen LogP contribution < -0.4 is 24.8 Å². The molecule has 2 aromatic rings. The van der Waals surface area contributed by atoms with Gasteiger partial charge in [0.2, 0.25) is 6.79 Å². The molecule has 1 fully saturated rings. The van der Waals surface area contributed by atoms with Crippen LogP contribution in [-0.4, -0.2) is 45.7 Å². The van der Waals surface area contributed by atoms with Crippen molar-refractivity contribution in [1.82, 2.24) is 10.6 Å². The van der Waals surface area contributed by atoms with Crippen molar-refractivity contribution >= 4 is 29.9 Å². The normalized spacial score (nSPS) is 16.6. The number of ether oxygens (including phenoxy) is 4. The third-order valence-corrected chi connectivity index (χ3v) is 6.02. The summed E-state index contributed by atoms with van der Waals surface area (Å²) in [4.78, 5) is 4.80. The fourth-order valence-corrected chi connectivity index (χ4v) is 4.21. The summed E-state index contributed by atoms with van der Waals surface area (Å²) in [6, 6.07) is 14.5. The first-order valence-electron chi connectivity index (χ1n) is 11.4. The second kappa shape index (κ2) is 12.3. The first kappa shape index (κ1) is 25.4. The number of nitrogens with zero attached hydrogens (tertiary/aromatic N) is 1. The van der Waals surface area contributed by atoms with Gasteiger partial charge in [-0.2, -0.15) is 0 Å². The lowest BCUT2D eigenvalue weighted by molar-refractivity contribution is 0.0513. The molecular formula is C25H34IN3O4. The summed E-state index contributed by atoms with van der Waals surface area (Å²) in [5.74, 6) is 3.29.